The third-order valence-corrected chi connectivity index (χ3v) is 2.39. The Morgan fingerprint density at radius 1 is 0.786 bits per heavy atom. The Balaban J connectivity index is 0.000000980. The van der Waals surface area contributed by atoms with Gasteiger partial charge < -0.3 is 0 Å². The highest BCUT2D eigenvalue weighted by Gasteiger charge is 1.94. The van der Waals surface area contributed by atoms with Crippen molar-refractivity contribution in [2.24, 2.45) is 0 Å². The highest BCUT2D eigenvalue weighted by atomic mass is 79.9. The average molecular weight is 271 g/mol. The average Bonchev–Trinajstić information content (AvgIpc) is 2.20. The van der Waals surface area contributed by atoms with Crippen molar-refractivity contribution in [3.05, 3.63) is 53.3 Å². The summed E-state index contributed by atoms with van der Waals surface area (Å²) < 4.78 is 1.10. The van der Waals surface area contributed by atoms with Crippen LogP contribution in [0.15, 0.2) is 53.3 Å². The van der Waals surface area contributed by atoms with Gasteiger partial charge in [-0.2, -0.15) is 0 Å². The molecule has 0 bridgehead atoms. The van der Waals surface area contributed by atoms with Crippen LogP contribution in [0.2, 0.25) is 0 Å². The minimum atomic E-state index is 0. The van der Waals surface area contributed by atoms with E-state index in [0.29, 0.717) is 0 Å². The van der Waals surface area contributed by atoms with Crippen molar-refractivity contribution < 1.29 is 0 Å². The zero-order valence-electron chi connectivity index (χ0n) is 7.35. The van der Waals surface area contributed by atoms with Gasteiger partial charge >= 0.3 is 0 Å². The highest BCUT2D eigenvalue weighted by molar-refractivity contribution is 9.10. The molecule has 0 aliphatic rings. The Morgan fingerprint density at radius 3 is 1.86 bits per heavy atom. The molecule has 1 aromatic carbocycles. The van der Waals surface area contributed by atoms with Gasteiger partial charge in [0, 0.05) is 16.9 Å². The lowest BCUT2D eigenvalue weighted by Gasteiger charge is -1.99. The van der Waals surface area contributed by atoms with Gasteiger partial charge in [0.15, 0.2) is 0 Å². The van der Waals surface area contributed by atoms with Crippen molar-refractivity contribution >= 4 is 28.3 Å². The lowest BCUT2D eigenvalue weighted by Crippen LogP contribution is -1.77. The van der Waals surface area contributed by atoms with E-state index < -0.39 is 0 Å². The van der Waals surface area contributed by atoms with Crippen molar-refractivity contribution in [2.45, 2.75) is 0 Å². The van der Waals surface area contributed by atoms with Gasteiger partial charge in [-0.1, -0.05) is 28.1 Å². The number of pyridine rings is 1. The smallest absolute Gasteiger partial charge is 0.0273 e. The third kappa shape index (κ3) is 2.56. The lowest BCUT2D eigenvalue weighted by molar-refractivity contribution is 1.33. The number of hydrogen-bond donors (Lipinski definition) is 0. The molecule has 1 heterocycles. The van der Waals surface area contributed by atoms with Gasteiger partial charge in [-0.3, -0.25) is 4.98 Å². The maximum atomic E-state index is 3.98. The van der Waals surface area contributed by atoms with E-state index in [1.165, 1.54) is 11.1 Å². The second-order valence-electron chi connectivity index (χ2n) is 2.74. The molecule has 0 spiro atoms. The summed E-state index contributed by atoms with van der Waals surface area (Å²) in [7, 11) is 0. The molecule has 2 rings (SSSR count). The largest absolute Gasteiger partial charge is 0.265 e. The summed E-state index contributed by atoms with van der Waals surface area (Å²) in [6.07, 6.45) is 3.61. The van der Waals surface area contributed by atoms with Crippen LogP contribution < -0.4 is 0 Å². The molecule has 1 aromatic heterocycles. The molecule has 0 saturated carbocycles. The van der Waals surface area contributed by atoms with Crippen molar-refractivity contribution in [1.82, 2.24) is 4.98 Å². The maximum Gasteiger partial charge on any atom is 0.0273 e. The number of benzene rings is 1. The van der Waals surface area contributed by atoms with Crippen molar-refractivity contribution in [3.63, 3.8) is 0 Å². The van der Waals surface area contributed by atoms with Crippen LogP contribution in [-0.4, -0.2) is 4.98 Å². The summed E-state index contributed by atoms with van der Waals surface area (Å²) in [5.41, 5.74) is 2.41. The predicted octanol–water partition coefficient (Wildman–Crippen LogP) is 3.93. The van der Waals surface area contributed by atoms with Gasteiger partial charge in [0.2, 0.25) is 0 Å². The molecule has 0 unspecified atom stereocenters. The standard InChI is InChI=1S/C11H8BrN.ClH/c12-11-3-1-9(2-4-11)10-5-7-13-8-6-10;/h1-8H;1H. The van der Waals surface area contributed by atoms with Crippen LogP contribution in [0.5, 0.6) is 0 Å². The minimum absolute atomic E-state index is 0. The molecule has 0 saturated heterocycles. The summed E-state index contributed by atoms with van der Waals surface area (Å²) in [5.74, 6) is 0. The van der Waals surface area contributed by atoms with Gasteiger partial charge in [-0.05, 0) is 35.4 Å². The molecular weight excluding hydrogens is 261 g/mol. The Bertz CT molecular complexity index is 386. The van der Waals surface area contributed by atoms with Gasteiger partial charge in [0.1, 0.15) is 0 Å². The Morgan fingerprint density at radius 2 is 1.29 bits per heavy atom. The van der Waals surface area contributed by atoms with Crippen LogP contribution >= 0.6 is 28.3 Å². The summed E-state index contributed by atoms with van der Waals surface area (Å²) in [5, 5.41) is 0. The van der Waals surface area contributed by atoms with E-state index in [-0.39, 0.29) is 12.4 Å². The molecule has 0 radical (unpaired) electrons. The van der Waals surface area contributed by atoms with E-state index in [9.17, 15) is 0 Å². The highest BCUT2D eigenvalue weighted by Crippen LogP contribution is 2.20. The lowest BCUT2D eigenvalue weighted by atomic mass is 10.1. The van der Waals surface area contributed by atoms with Crippen LogP contribution in [0.4, 0.5) is 0 Å². The first-order valence-electron chi connectivity index (χ1n) is 4.02. The number of rotatable bonds is 1. The zero-order chi connectivity index (χ0) is 9.10. The van der Waals surface area contributed by atoms with Crippen molar-refractivity contribution in [2.75, 3.05) is 0 Å². The molecule has 0 aliphatic carbocycles. The summed E-state index contributed by atoms with van der Waals surface area (Å²) >= 11 is 3.41. The molecule has 0 aliphatic heterocycles. The van der Waals surface area contributed by atoms with Gasteiger partial charge in [0.05, 0.1) is 0 Å². The monoisotopic (exact) mass is 269 g/mol. The van der Waals surface area contributed by atoms with Crippen molar-refractivity contribution in [3.8, 4) is 11.1 Å². The molecule has 1 nitrogen and oxygen atoms in total. The SMILES string of the molecule is Brc1ccc(-c2ccncc2)cc1.Cl. The fourth-order valence-corrected chi connectivity index (χ4v) is 1.45. The predicted molar refractivity (Wildman–Crippen MR) is 64.6 cm³/mol. The van der Waals surface area contributed by atoms with E-state index >= 15 is 0 Å². The molecule has 0 N–H and O–H groups in total. The first-order valence-corrected chi connectivity index (χ1v) is 4.81. The molecular formula is C11H9BrClN. The summed E-state index contributed by atoms with van der Waals surface area (Å²) in [4.78, 5) is 3.98. The summed E-state index contributed by atoms with van der Waals surface area (Å²) in [6.45, 7) is 0. The summed E-state index contributed by atoms with van der Waals surface area (Å²) in [6, 6.07) is 12.2. The number of nitrogens with zero attached hydrogens (tertiary/aromatic N) is 1. The zero-order valence-corrected chi connectivity index (χ0v) is 9.75. The van der Waals surface area contributed by atoms with E-state index in [1.807, 2.05) is 24.3 Å². The Kier molecular flexibility index (Phi) is 4.11. The van der Waals surface area contributed by atoms with Gasteiger partial charge in [-0.25, -0.2) is 0 Å². The fraction of sp³-hybridized carbons (Fsp3) is 0. The van der Waals surface area contributed by atoms with E-state index in [2.05, 4.69) is 33.0 Å². The van der Waals surface area contributed by atoms with Crippen molar-refractivity contribution in [1.29, 1.82) is 0 Å². The molecule has 0 atom stereocenters. The number of hydrogen-bond acceptors (Lipinski definition) is 1. The quantitative estimate of drug-likeness (QED) is 0.765. The van der Waals surface area contributed by atoms with E-state index in [4.69, 9.17) is 0 Å². The van der Waals surface area contributed by atoms with Crippen LogP contribution in [0.25, 0.3) is 11.1 Å². The van der Waals surface area contributed by atoms with E-state index in [0.717, 1.165) is 4.47 Å². The molecule has 0 amide bonds. The topological polar surface area (TPSA) is 12.9 Å². The first kappa shape index (κ1) is 11.2. The molecule has 0 fully saturated rings. The Labute approximate surface area is 97.7 Å². The molecule has 14 heavy (non-hydrogen) atoms. The second kappa shape index (κ2) is 5.13. The third-order valence-electron chi connectivity index (χ3n) is 1.86. The van der Waals surface area contributed by atoms with Gasteiger partial charge in [0.25, 0.3) is 0 Å². The molecule has 72 valence electrons. The van der Waals surface area contributed by atoms with Crippen LogP contribution in [0.3, 0.4) is 0 Å². The van der Waals surface area contributed by atoms with Gasteiger partial charge in [-0.15, -0.1) is 12.4 Å². The Hall–Kier alpha value is -0.860. The number of halogens is 2. The first-order chi connectivity index (χ1) is 6.36. The molecule has 2 aromatic rings. The fourth-order valence-electron chi connectivity index (χ4n) is 1.19. The second-order valence-corrected chi connectivity index (χ2v) is 3.66. The van der Waals surface area contributed by atoms with Crippen LogP contribution in [-0.2, 0) is 0 Å². The van der Waals surface area contributed by atoms with Crippen LogP contribution in [0.1, 0.15) is 0 Å². The van der Waals surface area contributed by atoms with E-state index in [1.54, 1.807) is 12.4 Å². The number of aromatic nitrogens is 1. The van der Waals surface area contributed by atoms with Crippen LogP contribution in [0, 0.1) is 0 Å². The minimum Gasteiger partial charge on any atom is -0.265 e. The molecule has 3 heteroatoms. The normalized spacial score (nSPS) is 9.21. The maximum absolute atomic E-state index is 3.98.